The molecule has 3 amide bonds. The Kier molecular flexibility index (Phi) is 7.11. The van der Waals surface area contributed by atoms with Crippen molar-refractivity contribution in [2.75, 3.05) is 0 Å². The van der Waals surface area contributed by atoms with E-state index in [1.807, 2.05) is 32.0 Å². The smallest absolute Gasteiger partial charge is 0.408 e. The van der Waals surface area contributed by atoms with Crippen molar-refractivity contribution >= 4 is 35.6 Å². The number of amides is 3. The molecule has 0 aromatic heterocycles. The molecule has 0 saturated carbocycles. The molecule has 36 heavy (non-hydrogen) atoms. The molecule has 2 aromatic rings. The van der Waals surface area contributed by atoms with E-state index in [2.05, 4.69) is 22.5 Å². The van der Waals surface area contributed by atoms with E-state index in [-0.39, 0.29) is 12.4 Å². The van der Waals surface area contributed by atoms with Gasteiger partial charge < -0.3 is 30.1 Å². The first-order chi connectivity index (χ1) is 17.1. The molecular formula is C25H26N3O7S. The van der Waals surface area contributed by atoms with E-state index in [9.17, 15) is 24.3 Å². The lowest BCUT2D eigenvalue weighted by Crippen LogP contribution is -2.71. The second-order valence-corrected chi connectivity index (χ2v) is 10.7. The van der Waals surface area contributed by atoms with Gasteiger partial charge in [0, 0.05) is 4.75 Å². The molecule has 0 aliphatic carbocycles. The first-order valence-electron chi connectivity index (χ1n) is 11.1. The van der Waals surface area contributed by atoms with Crippen LogP contribution in [-0.4, -0.2) is 56.1 Å². The van der Waals surface area contributed by atoms with Crippen LogP contribution in [0.15, 0.2) is 54.6 Å². The third-order valence-electron chi connectivity index (χ3n) is 6.07. The number of carbonyl (C=O) groups excluding carboxylic acids is 4. The van der Waals surface area contributed by atoms with Gasteiger partial charge in [0.05, 0.1) is 0 Å². The van der Waals surface area contributed by atoms with Crippen molar-refractivity contribution < 1.29 is 33.8 Å². The molecular weight excluding hydrogens is 486 g/mol. The van der Waals surface area contributed by atoms with Crippen LogP contribution in [0, 0.1) is 7.11 Å². The average Bonchev–Trinajstić information content (AvgIpc) is 3.12. The summed E-state index contributed by atoms with van der Waals surface area (Å²) >= 11 is 1.37. The number of hydrogen-bond acceptors (Lipinski definition) is 8. The molecule has 2 aliphatic rings. The minimum Gasteiger partial charge on any atom is -0.508 e. The number of hydrogen-bond donors (Lipinski definition) is 3. The molecule has 0 bridgehead atoms. The Labute approximate surface area is 212 Å². The van der Waals surface area contributed by atoms with E-state index in [0.29, 0.717) is 5.56 Å². The number of phenolic OH excluding ortho intramolecular Hbond substituents is 1. The number of aromatic hydroxyl groups is 1. The monoisotopic (exact) mass is 512 g/mol. The number of fused-ring (bicyclic) bond motifs is 1. The van der Waals surface area contributed by atoms with Gasteiger partial charge in [-0.3, -0.25) is 9.59 Å². The highest BCUT2D eigenvalue weighted by Crippen LogP contribution is 2.51. The molecule has 2 heterocycles. The lowest BCUT2D eigenvalue weighted by molar-refractivity contribution is -0.161. The van der Waals surface area contributed by atoms with E-state index in [1.165, 1.54) is 40.9 Å². The fraction of sp³-hybridized carbons (Fsp3) is 0.320. The number of thioether (sulfide) groups is 1. The van der Waals surface area contributed by atoms with Crippen LogP contribution in [0.4, 0.5) is 4.79 Å². The summed E-state index contributed by atoms with van der Waals surface area (Å²) < 4.78 is 9.23. The maximum atomic E-state index is 13.3. The molecule has 0 spiro atoms. The van der Waals surface area contributed by atoms with Gasteiger partial charge in [-0.25, -0.2) is 9.59 Å². The Balaban J connectivity index is 1.47. The van der Waals surface area contributed by atoms with E-state index in [1.54, 1.807) is 12.1 Å². The summed E-state index contributed by atoms with van der Waals surface area (Å²) in [6.07, 6.45) is -0.830. The first-order valence-corrected chi connectivity index (χ1v) is 12.0. The van der Waals surface area contributed by atoms with Gasteiger partial charge in [0.1, 0.15) is 43.0 Å². The topological polar surface area (TPSA) is 134 Å². The van der Waals surface area contributed by atoms with Crippen molar-refractivity contribution in [3.8, 4) is 5.75 Å². The zero-order valence-corrected chi connectivity index (χ0v) is 20.5. The highest BCUT2D eigenvalue weighted by Gasteiger charge is 2.64. The van der Waals surface area contributed by atoms with Gasteiger partial charge >= 0.3 is 12.1 Å². The lowest BCUT2D eigenvalue weighted by Gasteiger charge is -2.44. The maximum absolute atomic E-state index is 13.3. The number of alkyl carbamates (subject to hydrolysis) is 1. The van der Waals surface area contributed by atoms with E-state index < -0.39 is 52.1 Å². The van der Waals surface area contributed by atoms with Crippen molar-refractivity contribution in [2.45, 2.75) is 48.7 Å². The van der Waals surface area contributed by atoms with Crippen LogP contribution in [0.2, 0.25) is 0 Å². The molecule has 4 atom stereocenters. The summed E-state index contributed by atoms with van der Waals surface area (Å²) in [5, 5.41) is 14.4. The lowest BCUT2D eigenvalue weighted by atomic mass is 9.95. The van der Waals surface area contributed by atoms with Crippen LogP contribution in [0.3, 0.4) is 0 Å². The molecule has 2 aliphatic heterocycles. The predicted molar refractivity (Wildman–Crippen MR) is 130 cm³/mol. The molecule has 4 rings (SSSR count). The van der Waals surface area contributed by atoms with Gasteiger partial charge in [-0.1, -0.05) is 42.5 Å². The molecule has 3 N–H and O–H groups in total. The quantitative estimate of drug-likeness (QED) is 0.380. The van der Waals surface area contributed by atoms with Crippen molar-refractivity contribution in [3.63, 3.8) is 0 Å². The number of β-lactam (4-membered cyclic amide) rings is 1. The Morgan fingerprint density at radius 1 is 1.14 bits per heavy atom. The molecule has 2 fully saturated rings. The number of rotatable bonds is 7. The predicted octanol–water partition coefficient (Wildman–Crippen LogP) is 2.24. The number of phenols is 1. The van der Waals surface area contributed by atoms with Gasteiger partial charge in [0.15, 0.2) is 0 Å². The third-order valence-corrected chi connectivity index (χ3v) is 7.64. The second kappa shape index (κ2) is 10.1. The Bertz CT molecular complexity index is 1160. The summed E-state index contributed by atoms with van der Waals surface area (Å²) in [5.74, 6) is -1.71. The summed E-state index contributed by atoms with van der Waals surface area (Å²) in [6.45, 7) is 3.63. The van der Waals surface area contributed by atoms with Crippen molar-refractivity contribution in [1.82, 2.24) is 15.5 Å². The first kappa shape index (κ1) is 25.4. The van der Waals surface area contributed by atoms with Crippen LogP contribution in [0.5, 0.6) is 5.75 Å². The fourth-order valence-corrected chi connectivity index (χ4v) is 5.91. The Morgan fingerprint density at radius 3 is 2.44 bits per heavy atom. The number of ether oxygens (including phenoxy) is 2. The fourth-order valence-electron chi connectivity index (χ4n) is 4.29. The highest BCUT2D eigenvalue weighted by molar-refractivity contribution is 8.01. The maximum Gasteiger partial charge on any atom is 0.408 e. The summed E-state index contributed by atoms with van der Waals surface area (Å²) in [5.41, 5.74) is 1.15. The van der Waals surface area contributed by atoms with Gasteiger partial charge in [-0.2, -0.15) is 0 Å². The van der Waals surface area contributed by atoms with E-state index in [0.717, 1.165) is 5.56 Å². The molecule has 10 nitrogen and oxygen atoms in total. The van der Waals surface area contributed by atoms with Crippen LogP contribution in [-0.2, 0) is 30.5 Å². The standard InChI is InChI=1S/C25H26N3O7S/c1-25(2)19(23(32)34-3)28-21(31)18(22(28)36-25)26-20(30)17(15-9-11-16(29)12-10-15)27-24(33)35-13-14-7-5-4-6-8-14/h4-12,17-19,22,29H,3,13H2,1-2H3,(H,26,30)(H,27,33)/t17-,18-,19+,22-/m1/s1. The highest BCUT2D eigenvalue weighted by atomic mass is 32.2. The normalized spacial score (nSPS) is 22.6. The van der Waals surface area contributed by atoms with Gasteiger partial charge in [0.25, 0.3) is 0 Å². The molecule has 189 valence electrons. The van der Waals surface area contributed by atoms with Crippen molar-refractivity contribution in [2.24, 2.45) is 0 Å². The number of benzene rings is 2. The molecule has 2 saturated heterocycles. The van der Waals surface area contributed by atoms with Crippen molar-refractivity contribution in [1.29, 1.82) is 0 Å². The zero-order valence-electron chi connectivity index (χ0n) is 19.7. The second-order valence-electron chi connectivity index (χ2n) is 8.94. The van der Waals surface area contributed by atoms with E-state index >= 15 is 0 Å². The zero-order chi connectivity index (χ0) is 26.0. The Hall–Kier alpha value is -3.73. The van der Waals surface area contributed by atoms with Crippen LogP contribution in [0.25, 0.3) is 0 Å². The van der Waals surface area contributed by atoms with Crippen molar-refractivity contribution in [3.05, 3.63) is 72.8 Å². The average molecular weight is 513 g/mol. The molecule has 1 radical (unpaired) electrons. The summed E-state index contributed by atoms with van der Waals surface area (Å²) in [4.78, 5) is 52.3. The minimum atomic E-state index is -1.20. The van der Waals surface area contributed by atoms with Gasteiger partial charge in [-0.15, -0.1) is 11.8 Å². The van der Waals surface area contributed by atoms with Gasteiger partial charge in [0.2, 0.25) is 11.8 Å². The largest absolute Gasteiger partial charge is 0.508 e. The molecule has 2 aromatic carbocycles. The van der Waals surface area contributed by atoms with E-state index in [4.69, 9.17) is 4.74 Å². The van der Waals surface area contributed by atoms with Crippen LogP contribution < -0.4 is 10.6 Å². The van der Waals surface area contributed by atoms with Crippen LogP contribution >= 0.6 is 11.8 Å². The summed E-state index contributed by atoms with van der Waals surface area (Å²) in [6, 6.07) is 11.9. The third kappa shape index (κ3) is 4.97. The number of carbonyl (C=O) groups is 4. The number of esters is 1. The van der Waals surface area contributed by atoms with Gasteiger partial charge in [-0.05, 0) is 37.1 Å². The number of nitrogens with one attached hydrogen (secondary N) is 2. The number of nitrogens with zero attached hydrogens (tertiary/aromatic N) is 1. The van der Waals surface area contributed by atoms with Crippen LogP contribution in [0.1, 0.15) is 31.0 Å². The molecule has 0 unspecified atom stereocenters. The molecule has 11 heteroatoms. The minimum absolute atomic E-state index is 0.00420. The SMILES string of the molecule is [CH2]OC(=O)[C@@H]1N2C(=O)[C@@H](NC(=O)[C@H](NC(=O)OCc3ccccc3)c3ccc(O)cc3)[C@H]2SC1(C)C. The Morgan fingerprint density at radius 2 is 1.81 bits per heavy atom. The summed E-state index contributed by atoms with van der Waals surface area (Å²) in [7, 11) is 3.16.